The van der Waals surface area contributed by atoms with Crippen molar-refractivity contribution in [2.75, 3.05) is 26.0 Å². The second-order valence-corrected chi connectivity index (χ2v) is 7.15. The summed E-state index contributed by atoms with van der Waals surface area (Å²) >= 11 is 0. The van der Waals surface area contributed by atoms with Crippen LogP contribution < -0.4 is 4.74 Å². The summed E-state index contributed by atoms with van der Waals surface area (Å²) < 4.78 is 29.9. The highest BCUT2D eigenvalue weighted by Gasteiger charge is 2.25. The minimum Gasteiger partial charge on any atom is -0.493 e. The van der Waals surface area contributed by atoms with E-state index in [0.29, 0.717) is 31.4 Å². The molecule has 1 aliphatic heterocycles. The molecule has 116 valence electrons. The molecule has 0 amide bonds. The van der Waals surface area contributed by atoms with Crippen molar-refractivity contribution in [2.24, 2.45) is 5.92 Å². The first-order valence-electron chi connectivity index (χ1n) is 6.68. The summed E-state index contributed by atoms with van der Waals surface area (Å²) in [5.41, 5.74) is 0.0313. The van der Waals surface area contributed by atoms with Crippen LogP contribution in [0, 0.1) is 16.0 Å². The third kappa shape index (κ3) is 4.40. The van der Waals surface area contributed by atoms with Gasteiger partial charge < -0.3 is 4.74 Å². The first-order chi connectivity index (χ1) is 9.86. The molecular formula is C13H18N2O5S. The number of piperidine rings is 1. The summed E-state index contributed by atoms with van der Waals surface area (Å²) in [6.07, 6.45) is 2.75. The highest BCUT2D eigenvalue weighted by molar-refractivity contribution is 7.88. The van der Waals surface area contributed by atoms with Gasteiger partial charge in [-0.3, -0.25) is 10.1 Å². The van der Waals surface area contributed by atoms with Crippen molar-refractivity contribution >= 4 is 15.7 Å². The normalized spacial score (nSPS) is 17.6. The molecule has 0 spiro atoms. The average molecular weight is 314 g/mol. The minimum atomic E-state index is -3.10. The second-order valence-electron chi connectivity index (χ2n) is 5.17. The number of non-ortho nitro benzene ring substituents is 1. The highest BCUT2D eigenvalue weighted by Crippen LogP contribution is 2.22. The second kappa shape index (κ2) is 6.40. The van der Waals surface area contributed by atoms with Gasteiger partial charge in [-0.15, -0.1) is 0 Å². The van der Waals surface area contributed by atoms with Crippen LogP contribution in [-0.2, 0) is 10.0 Å². The predicted molar refractivity (Wildman–Crippen MR) is 77.7 cm³/mol. The maximum absolute atomic E-state index is 11.4. The van der Waals surface area contributed by atoms with E-state index < -0.39 is 14.9 Å². The monoisotopic (exact) mass is 314 g/mol. The Morgan fingerprint density at radius 2 is 1.86 bits per heavy atom. The molecule has 7 nitrogen and oxygen atoms in total. The standard InChI is InChI=1S/C13H18N2O5S/c1-21(18,19)14-8-6-11(7-9-14)10-20-13-4-2-12(3-5-13)15(16)17/h2-5,11H,6-10H2,1H3. The molecule has 0 atom stereocenters. The Kier molecular flexibility index (Phi) is 4.79. The molecule has 0 radical (unpaired) electrons. The van der Waals surface area contributed by atoms with Gasteiger partial charge in [0.05, 0.1) is 17.8 Å². The SMILES string of the molecule is CS(=O)(=O)N1CCC(COc2ccc([N+](=O)[O-])cc2)CC1. The van der Waals surface area contributed by atoms with E-state index in [1.165, 1.54) is 22.7 Å². The van der Waals surface area contributed by atoms with Crippen LogP contribution in [0.1, 0.15) is 12.8 Å². The quantitative estimate of drug-likeness (QED) is 0.609. The number of hydrogen-bond acceptors (Lipinski definition) is 5. The van der Waals surface area contributed by atoms with Gasteiger partial charge in [-0.2, -0.15) is 0 Å². The summed E-state index contributed by atoms with van der Waals surface area (Å²) in [6, 6.07) is 5.96. The lowest BCUT2D eigenvalue weighted by Crippen LogP contribution is -2.39. The topological polar surface area (TPSA) is 89.8 Å². The van der Waals surface area contributed by atoms with Crippen LogP contribution >= 0.6 is 0 Å². The van der Waals surface area contributed by atoms with Gasteiger partial charge in [-0.1, -0.05) is 0 Å². The van der Waals surface area contributed by atoms with Gasteiger partial charge in [-0.05, 0) is 30.9 Å². The van der Waals surface area contributed by atoms with Crippen LogP contribution in [0.2, 0.25) is 0 Å². The van der Waals surface area contributed by atoms with Crippen molar-refractivity contribution < 1.29 is 18.1 Å². The van der Waals surface area contributed by atoms with E-state index in [1.54, 1.807) is 12.1 Å². The smallest absolute Gasteiger partial charge is 0.269 e. The largest absolute Gasteiger partial charge is 0.493 e. The molecule has 0 aliphatic carbocycles. The Balaban J connectivity index is 1.81. The van der Waals surface area contributed by atoms with E-state index in [9.17, 15) is 18.5 Å². The molecule has 0 unspecified atom stereocenters. The molecule has 0 saturated carbocycles. The van der Waals surface area contributed by atoms with Gasteiger partial charge in [0.1, 0.15) is 5.75 Å². The third-order valence-corrected chi connectivity index (χ3v) is 4.88. The van der Waals surface area contributed by atoms with Crippen LogP contribution in [-0.4, -0.2) is 43.6 Å². The summed E-state index contributed by atoms with van der Waals surface area (Å²) in [5, 5.41) is 10.5. The molecule has 1 saturated heterocycles. The van der Waals surface area contributed by atoms with Gasteiger partial charge in [0.25, 0.3) is 5.69 Å². The number of nitrogens with zero attached hydrogens (tertiary/aromatic N) is 2. The Labute approximate surface area is 123 Å². The fourth-order valence-corrected chi connectivity index (χ4v) is 3.16. The molecule has 0 N–H and O–H groups in total. The van der Waals surface area contributed by atoms with Gasteiger partial charge >= 0.3 is 0 Å². The lowest BCUT2D eigenvalue weighted by Gasteiger charge is -2.30. The number of nitro groups is 1. The van der Waals surface area contributed by atoms with Gasteiger partial charge in [-0.25, -0.2) is 12.7 Å². The molecule has 1 heterocycles. The van der Waals surface area contributed by atoms with Crippen molar-refractivity contribution in [3.63, 3.8) is 0 Å². The van der Waals surface area contributed by atoms with E-state index in [4.69, 9.17) is 4.74 Å². The summed E-state index contributed by atoms with van der Waals surface area (Å²) in [6.45, 7) is 1.54. The highest BCUT2D eigenvalue weighted by atomic mass is 32.2. The maximum atomic E-state index is 11.4. The molecule has 1 aliphatic rings. The van der Waals surface area contributed by atoms with Crippen molar-refractivity contribution in [3.8, 4) is 5.75 Å². The number of sulfonamides is 1. The molecule has 21 heavy (non-hydrogen) atoms. The van der Waals surface area contributed by atoms with E-state index in [0.717, 1.165) is 12.8 Å². The molecule has 1 aromatic carbocycles. The van der Waals surface area contributed by atoms with Crippen molar-refractivity contribution in [3.05, 3.63) is 34.4 Å². The molecule has 2 rings (SSSR count). The Hall–Kier alpha value is -1.67. The zero-order chi connectivity index (χ0) is 15.5. The summed E-state index contributed by atoms with van der Waals surface area (Å²) in [7, 11) is -3.10. The van der Waals surface area contributed by atoms with E-state index in [1.807, 2.05) is 0 Å². The van der Waals surface area contributed by atoms with Crippen molar-refractivity contribution in [2.45, 2.75) is 12.8 Å². The maximum Gasteiger partial charge on any atom is 0.269 e. The van der Waals surface area contributed by atoms with E-state index in [-0.39, 0.29) is 5.69 Å². The van der Waals surface area contributed by atoms with Crippen molar-refractivity contribution in [1.29, 1.82) is 0 Å². The lowest BCUT2D eigenvalue weighted by atomic mass is 9.99. The fourth-order valence-electron chi connectivity index (χ4n) is 2.29. The van der Waals surface area contributed by atoms with Crippen LogP contribution in [0.5, 0.6) is 5.75 Å². The molecule has 8 heteroatoms. The number of nitro benzene ring substituents is 1. The predicted octanol–water partition coefficient (Wildman–Crippen LogP) is 1.65. The fraction of sp³-hybridized carbons (Fsp3) is 0.538. The van der Waals surface area contributed by atoms with E-state index in [2.05, 4.69) is 0 Å². The molecule has 1 fully saturated rings. The molecule has 0 aromatic heterocycles. The molecular weight excluding hydrogens is 296 g/mol. The molecule has 0 bridgehead atoms. The van der Waals surface area contributed by atoms with Crippen LogP contribution in [0.15, 0.2) is 24.3 Å². The first-order valence-corrected chi connectivity index (χ1v) is 8.53. The van der Waals surface area contributed by atoms with Gasteiger partial charge in [0, 0.05) is 25.2 Å². The number of ether oxygens (including phenoxy) is 1. The van der Waals surface area contributed by atoms with Crippen LogP contribution in [0.4, 0.5) is 5.69 Å². The van der Waals surface area contributed by atoms with Gasteiger partial charge in [0.2, 0.25) is 10.0 Å². The van der Waals surface area contributed by atoms with Gasteiger partial charge in [0.15, 0.2) is 0 Å². The Morgan fingerprint density at radius 1 is 1.29 bits per heavy atom. The van der Waals surface area contributed by atoms with Crippen LogP contribution in [0.25, 0.3) is 0 Å². The zero-order valence-corrected chi connectivity index (χ0v) is 12.6. The Morgan fingerprint density at radius 3 is 2.33 bits per heavy atom. The first kappa shape index (κ1) is 15.7. The zero-order valence-electron chi connectivity index (χ0n) is 11.8. The third-order valence-electron chi connectivity index (χ3n) is 3.58. The number of hydrogen-bond donors (Lipinski definition) is 0. The summed E-state index contributed by atoms with van der Waals surface area (Å²) in [4.78, 5) is 10.1. The van der Waals surface area contributed by atoms with E-state index >= 15 is 0 Å². The van der Waals surface area contributed by atoms with Crippen LogP contribution in [0.3, 0.4) is 0 Å². The number of benzene rings is 1. The Bertz CT molecular complexity index is 591. The molecule has 1 aromatic rings. The average Bonchev–Trinajstić information content (AvgIpc) is 2.45. The van der Waals surface area contributed by atoms with Crippen molar-refractivity contribution in [1.82, 2.24) is 4.31 Å². The lowest BCUT2D eigenvalue weighted by molar-refractivity contribution is -0.384. The summed E-state index contributed by atoms with van der Waals surface area (Å²) in [5.74, 6) is 0.893. The minimum absolute atomic E-state index is 0.0313. The number of rotatable bonds is 5.